The molecule has 1 aliphatic carbocycles. The summed E-state index contributed by atoms with van der Waals surface area (Å²) in [4.78, 5) is 15.3. The third-order valence-corrected chi connectivity index (χ3v) is 6.36. The van der Waals surface area contributed by atoms with Gasteiger partial charge in [-0.05, 0) is 36.0 Å². The molecule has 1 N–H and O–H groups in total. The van der Waals surface area contributed by atoms with Gasteiger partial charge in [-0.1, -0.05) is 54.6 Å². The minimum absolute atomic E-state index is 0.0911. The van der Waals surface area contributed by atoms with Gasteiger partial charge in [-0.3, -0.25) is 9.69 Å². The van der Waals surface area contributed by atoms with Crippen LogP contribution < -0.4 is 5.32 Å². The lowest BCUT2D eigenvalue weighted by molar-refractivity contribution is -0.125. The topological polar surface area (TPSA) is 41.6 Å². The number of benzene rings is 2. The Hall–Kier alpha value is -2.17. The molecule has 140 valence electrons. The van der Waals surface area contributed by atoms with E-state index in [0.717, 1.165) is 39.0 Å². The predicted octanol–water partition coefficient (Wildman–Crippen LogP) is 2.73. The lowest BCUT2D eigenvalue weighted by Gasteiger charge is -2.35. The molecule has 3 aliphatic rings. The zero-order chi connectivity index (χ0) is 18.2. The molecule has 2 heterocycles. The maximum Gasteiger partial charge on any atom is 0.224 e. The maximum absolute atomic E-state index is 12.8. The largest absolute Gasteiger partial charge is 0.371 e. The Morgan fingerprint density at radius 2 is 1.67 bits per heavy atom. The fourth-order valence-electron chi connectivity index (χ4n) is 4.91. The molecule has 0 aromatic heterocycles. The van der Waals surface area contributed by atoms with Crippen LogP contribution in [0.3, 0.4) is 0 Å². The van der Waals surface area contributed by atoms with Crippen LogP contribution in [0.2, 0.25) is 0 Å². The van der Waals surface area contributed by atoms with E-state index in [1.165, 1.54) is 16.7 Å². The van der Waals surface area contributed by atoms with Crippen LogP contribution in [0.1, 0.15) is 29.2 Å². The number of ether oxygens (including phenoxy) is 1. The fourth-order valence-corrected chi connectivity index (χ4v) is 4.91. The summed E-state index contributed by atoms with van der Waals surface area (Å²) in [7, 11) is 0. The second-order valence-corrected chi connectivity index (χ2v) is 8.16. The summed E-state index contributed by atoms with van der Waals surface area (Å²) >= 11 is 0. The number of amides is 1. The zero-order valence-electron chi connectivity index (χ0n) is 15.5. The molecule has 0 unspecified atom stereocenters. The Morgan fingerprint density at radius 3 is 2.41 bits per heavy atom. The summed E-state index contributed by atoms with van der Waals surface area (Å²) in [5, 5.41) is 3.33. The molecular formula is C23H26N2O2. The van der Waals surface area contributed by atoms with E-state index in [9.17, 15) is 4.79 Å². The number of carbonyl (C=O) groups excluding carboxylic acids is 1. The quantitative estimate of drug-likeness (QED) is 0.913. The van der Waals surface area contributed by atoms with Gasteiger partial charge in [-0.25, -0.2) is 0 Å². The van der Waals surface area contributed by atoms with E-state index < -0.39 is 0 Å². The third-order valence-electron chi connectivity index (χ3n) is 6.36. The lowest BCUT2D eigenvalue weighted by atomic mass is 10.0. The van der Waals surface area contributed by atoms with Crippen molar-refractivity contribution in [2.75, 3.05) is 19.7 Å². The van der Waals surface area contributed by atoms with E-state index >= 15 is 0 Å². The van der Waals surface area contributed by atoms with Gasteiger partial charge in [0.2, 0.25) is 5.91 Å². The first-order chi connectivity index (χ1) is 13.3. The van der Waals surface area contributed by atoms with Crippen molar-refractivity contribution in [3.05, 3.63) is 71.3 Å². The number of hydrogen-bond donors (Lipinski definition) is 1. The number of nitrogens with one attached hydrogen (secondary N) is 1. The Kier molecular flexibility index (Phi) is 4.46. The van der Waals surface area contributed by atoms with Gasteiger partial charge in [0, 0.05) is 31.1 Å². The van der Waals surface area contributed by atoms with Crippen molar-refractivity contribution in [1.29, 1.82) is 0 Å². The van der Waals surface area contributed by atoms with Gasteiger partial charge in [0.25, 0.3) is 0 Å². The van der Waals surface area contributed by atoms with Gasteiger partial charge in [0.15, 0.2) is 0 Å². The Balaban J connectivity index is 1.18. The van der Waals surface area contributed by atoms with Crippen LogP contribution in [0, 0.1) is 5.92 Å². The van der Waals surface area contributed by atoms with Gasteiger partial charge in [-0.2, -0.15) is 0 Å². The van der Waals surface area contributed by atoms with E-state index in [0.29, 0.717) is 6.04 Å². The highest BCUT2D eigenvalue weighted by Crippen LogP contribution is 2.31. The summed E-state index contributed by atoms with van der Waals surface area (Å²) in [6.07, 6.45) is 2.89. The highest BCUT2D eigenvalue weighted by molar-refractivity contribution is 5.80. The average molecular weight is 362 g/mol. The van der Waals surface area contributed by atoms with Crippen molar-refractivity contribution in [1.82, 2.24) is 10.2 Å². The first-order valence-electron chi connectivity index (χ1n) is 10.0. The second-order valence-electron chi connectivity index (χ2n) is 8.16. The summed E-state index contributed by atoms with van der Waals surface area (Å²) in [5.41, 5.74) is 3.91. The minimum atomic E-state index is 0.0911. The summed E-state index contributed by atoms with van der Waals surface area (Å²) in [6.45, 7) is 2.60. The molecule has 0 saturated carbocycles. The maximum atomic E-state index is 12.8. The van der Waals surface area contributed by atoms with Crippen molar-refractivity contribution in [2.24, 2.45) is 5.92 Å². The first-order valence-corrected chi connectivity index (χ1v) is 10.0. The normalized spacial score (nSPS) is 27.9. The van der Waals surface area contributed by atoms with Gasteiger partial charge in [-0.15, -0.1) is 0 Å². The van der Waals surface area contributed by atoms with Crippen molar-refractivity contribution in [3.8, 4) is 0 Å². The van der Waals surface area contributed by atoms with Crippen LogP contribution in [0.5, 0.6) is 0 Å². The van der Waals surface area contributed by atoms with Gasteiger partial charge in [0.1, 0.15) is 0 Å². The molecule has 5 rings (SSSR count). The number of fused-ring (bicyclic) bond motifs is 2. The SMILES string of the molecule is O=C(N[C@H]1C[C@H]2CO[C@@H](c3ccccc3)CN2C1)C1Cc2ccccc2C1. The molecule has 4 heteroatoms. The molecule has 0 bridgehead atoms. The molecule has 4 nitrogen and oxygen atoms in total. The molecule has 2 saturated heterocycles. The van der Waals surface area contributed by atoms with E-state index in [1.54, 1.807) is 0 Å². The van der Waals surface area contributed by atoms with Crippen LogP contribution in [-0.2, 0) is 22.4 Å². The first kappa shape index (κ1) is 17.0. The van der Waals surface area contributed by atoms with Crippen molar-refractivity contribution in [2.45, 2.75) is 37.5 Å². The highest BCUT2D eigenvalue weighted by Gasteiger charge is 2.39. The lowest BCUT2D eigenvalue weighted by Crippen LogP contribution is -2.43. The highest BCUT2D eigenvalue weighted by atomic mass is 16.5. The van der Waals surface area contributed by atoms with Crippen LogP contribution in [-0.4, -0.2) is 42.6 Å². The van der Waals surface area contributed by atoms with Gasteiger partial charge >= 0.3 is 0 Å². The number of morpholine rings is 1. The molecule has 0 radical (unpaired) electrons. The Labute approximate surface area is 160 Å². The average Bonchev–Trinajstić information content (AvgIpc) is 3.31. The molecule has 2 aromatic rings. The second kappa shape index (κ2) is 7.10. The minimum Gasteiger partial charge on any atom is -0.371 e. The summed E-state index contributed by atoms with van der Waals surface area (Å²) in [5.74, 6) is 0.310. The smallest absolute Gasteiger partial charge is 0.224 e. The van der Waals surface area contributed by atoms with E-state index in [2.05, 4.69) is 58.7 Å². The van der Waals surface area contributed by atoms with Gasteiger partial charge in [0.05, 0.1) is 12.7 Å². The Bertz CT molecular complexity index is 797. The van der Waals surface area contributed by atoms with Crippen LogP contribution >= 0.6 is 0 Å². The number of hydrogen-bond acceptors (Lipinski definition) is 3. The number of rotatable bonds is 3. The number of carbonyl (C=O) groups is 1. The van der Waals surface area contributed by atoms with E-state index in [1.807, 2.05) is 6.07 Å². The van der Waals surface area contributed by atoms with Crippen LogP contribution in [0.15, 0.2) is 54.6 Å². The molecular weight excluding hydrogens is 336 g/mol. The van der Waals surface area contributed by atoms with E-state index in [4.69, 9.17) is 4.74 Å². The predicted molar refractivity (Wildman–Crippen MR) is 104 cm³/mol. The van der Waals surface area contributed by atoms with Crippen molar-refractivity contribution in [3.63, 3.8) is 0 Å². The van der Waals surface area contributed by atoms with Crippen LogP contribution in [0.4, 0.5) is 0 Å². The molecule has 27 heavy (non-hydrogen) atoms. The monoisotopic (exact) mass is 362 g/mol. The molecule has 3 atom stereocenters. The fraction of sp³-hybridized carbons (Fsp3) is 0.435. The van der Waals surface area contributed by atoms with Gasteiger partial charge < -0.3 is 10.1 Å². The molecule has 2 fully saturated rings. The molecule has 2 aromatic carbocycles. The van der Waals surface area contributed by atoms with Crippen LogP contribution in [0.25, 0.3) is 0 Å². The Morgan fingerprint density at radius 1 is 0.963 bits per heavy atom. The number of nitrogens with zero attached hydrogens (tertiary/aromatic N) is 1. The zero-order valence-corrected chi connectivity index (χ0v) is 15.5. The summed E-state index contributed by atoms with van der Waals surface area (Å²) in [6, 6.07) is 19.6. The molecule has 1 amide bonds. The molecule has 0 spiro atoms. The molecule has 2 aliphatic heterocycles. The van der Waals surface area contributed by atoms with E-state index in [-0.39, 0.29) is 24.0 Å². The summed E-state index contributed by atoms with van der Waals surface area (Å²) < 4.78 is 6.12. The van der Waals surface area contributed by atoms with Crippen molar-refractivity contribution < 1.29 is 9.53 Å². The third kappa shape index (κ3) is 3.40. The van der Waals surface area contributed by atoms with Crippen molar-refractivity contribution >= 4 is 5.91 Å². The standard InChI is InChI=1S/C23H26N2O2/c26-23(19-10-17-8-4-5-9-18(17)11-19)24-20-12-21-15-27-22(14-25(21)13-20)16-6-2-1-3-7-16/h1-9,19-22H,10-15H2,(H,24,26)/t20-,21-,22+/m0/s1.